The Balaban J connectivity index is 1.36. The second kappa shape index (κ2) is 6.32. The minimum Gasteiger partial charge on any atom is -0.457 e. The summed E-state index contributed by atoms with van der Waals surface area (Å²) < 4.78 is 12.2. The van der Waals surface area contributed by atoms with Crippen molar-refractivity contribution in [2.45, 2.75) is 70.2 Å². The zero-order chi connectivity index (χ0) is 21.5. The first kappa shape index (κ1) is 19.8. The van der Waals surface area contributed by atoms with Gasteiger partial charge in [-0.3, -0.25) is 4.79 Å². The Morgan fingerprint density at radius 3 is 2.61 bits per heavy atom. The summed E-state index contributed by atoms with van der Waals surface area (Å²) in [6, 6.07) is 9.73. The van der Waals surface area contributed by atoms with Crippen LogP contribution in [0, 0.1) is 22.7 Å². The normalized spacial score (nSPS) is 45.7. The van der Waals surface area contributed by atoms with Gasteiger partial charge in [-0.15, -0.1) is 0 Å². The van der Waals surface area contributed by atoms with Gasteiger partial charge in [0.2, 0.25) is 0 Å². The lowest BCUT2D eigenvalue weighted by atomic mass is 9.50. The van der Waals surface area contributed by atoms with Crippen LogP contribution in [-0.2, 0) is 9.53 Å². The number of carbonyl (C=O) groups excluding carboxylic acids is 1. The number of carbonyl (C=O) groups is 1. The molecule has 4 aliphatic carbocycles. The van der Waals surface area contributed by atoms with Gasteiger partial charge in [-0.1, -0.05) is 49.3 Å². The standard InChI is InChI=1S/C27H32O4/c1-24-13-10-19(28)16-18(24)8-9-21-22(24)11-14-25(2)23(21)12-15-26(25,29)27(17-30-27)31-20-6-4-3-5-7-20/h3-7,11,16,21,23,29H,8-10,12-15,17H2,1-2H3/t21-,23+,24+,25+,26-,27-/m1/s1. The van der Waals surface area contributed by atoms with Crippen molar-refractivity contribution < 1.29 is 19.4 Å². The van der Waals surface area contributed by atoms with E-state index in [9.17, 15) is 9.90 Å². The quantitative estimate of drug-likeness (QED) is 0.554. The average molecular weight is 421 g/mol. The van der Waals surface area contributed by atoms with E-state index in [0.717, 1.165) is 37.9 Å². The Morgan fingerprint density at radius 1 is 1.10 bits per heavy atom. The van der Waals surface area contributed by atoms with Crippen molar-refractivity contribution in [1.82, 2.24) is 0 Å². The number of hydrogen-bond acceptors (Lipinski definition) is 4. The van der Waals surface area contributed by atoms with Crippen LogP contribution in [0.5, 0.6) is 5.75 Å². The van der Waals surface area contributed by atoms with Crippen molar-refractivity contribution in [3.05, 3.63) is 53.6 Å². The lowest BCUT2D eigenvalue weighted by Gasteiger charge is -2.55. The Bertz CT molecular complexity index is 990. The van der Waals surface area contributed by atoms with Crippen LogP contribution in [0.25, 0.3) is 0 Å². The van der Waals surface area contributed by atoms with Crippen molar-refractivity contribution in [3.8, 4) is 5.75 Å². The van der Waals surface area contributed by atoms with Gasteiger partial charge in [0.25, 0.3) is 5.79 Å². The predicted molar refractivity (Wildman–Crippen MR) is 117 cm³/mol. The van der Waals surface area contributed by atoms with Crippen LogP contribution < -0.4 is 4.74 Å². The third kappa shape index (κ3) is 2.52. The van der Waals surface area contributed by atoms with Gasteiger partial charge in [0.05, 0.1) is 0 Å². The molecule has 6 rings (SSSR count). The van der Waals surface area contributed by atoms with Gasteiger partial charge < -0.3 is 14.6 Å². The fraction of sp³-hybridized carbons (Fsp3) is 0.593. The summed E-state index contributed by atoms with van der Waals surface area (Å²) in [5, 5.41) is 12.2. The molecular weight excluding hydrogens is 388 g/mol. The molecule has 5 aliphatic rings. The number of benzene rings is 1. The molecule has 0 unspecified atom stereocenters. The molecule has 1 aliphatic heterocycles. The molecule has 2 saturated carbocycles. The molecule has 3 fully saturated rings. The first-order chi connectivity index (χ1) is 14.8. The van der Waals surface area contributed by atoms with Crippen LogP contribution in [0.15, 0.2) is 53.6 Å². The number of fused-ring (bicyclic) bond motifs is 5. The molecular formula is C27H32O4. The number of hydrogen-bond donors (Lipinski definition) is 1. The molecule has 1 saturated heterocycles. The lowest BCUT2D eigenvalue weighted by molar-refractivity contribution is -0.192. The van der Waals surface area contributed by atoms with Gasteiger partial charge in [0.15, 0.2) is 5.78 Å². The van der Waals surface area contributed by atoms with Crippen molar-refractivity contribution in [1.29, 1.82) is 0 Å². The minimum absolute atomic E-state index is 0.0210. The van der Waals surface area contributed by atoms with Gasteiger partial charge in [-0.2, -0.15) is 0 Å². The Hall–Kier alpha value is -1.91. The maximum absolute atomic E-state index is 12.2. The summed E-state index contributed by atoms with van der Waals surface area (Å²) in [6.07, 6.45) is 10.5. The number of ether oxygens (including phenoxy) is 2. The van der Waals surface area contributed by atoms with E-state index in [1.807, 2.05) is 36.4 Å². The highest BCUT2D eigenvalue weighted by molar-refractivity contribution is 5.92. The van der Waals surface area contributed by atoms with E-state index >= 15 is 0 Å². The topological polar surface area (TPSA) is 59.1 Å². The molecule has 0 radical (unpaired) electrons. The molecule has 4 nitrogen and oxygen atoms in total. The minimum atomic E-state index is -1.01. The molecule has 0 aromatic heterocycles. The van der Waals surface area contributed by atoms with Crippen molar-refractivity contribution >= 4 is 5.78 Å². The molecule has 1 N–H and O–H groups in total. The maximum Gasteiger partial charge on any atom is 0.264 e. The van der Waals surface area contributed by atoms with E-state index in [-0.39, 0.29) is 16.6 Å². The van der Waals surface area contributed by atoms with Gasteiger partial charge in [0, 0.05) is 17.3 Å². The van der Waals surface area contributed by atoms with Gasteiger partial charge in [-0.25, -0.2) is 0 Å². The monoisotopic (exact) mass is 420 g/mol. The zero-order valence-electron chi connectivity index (χ0n) is 18.5. The fourth-order valence-corrected chi connectivity index (χ4v) is 7.62. The Morgan fingerprint density at radius 2 is 1.87 bits per heavy atom. The zero-order valence-corrected chi connectivity index (χ0v) is 18.5. The second-order valence-corrected chi connectivity index (χ2v) is 10.9. The Labute approximate surface area is 184 Å². The Kier molecular flexibility index (Phi) is 4.03. The highest BCUT2D eigenvalue weighted by atomic mass is 16.8. The van der Waals surface area contributed by atoms with E-state index in [1.165, 1.54) is 11.1 Å². The molecule has 1 aromatic carbocycles. The molecule has 0 amide bonds. The molecule has 0 bridgehead atoms. The lowest BCUT2D eigenvalue weighted by Crippen LogP contribution is -2.60. The van der Waals surface area contributed by atoms with E-state index in [2.05, 4.69) is 19.9 Å². The van der Waals surface area contributed by atoms with E-state index in [0.29, 0.717) is 31.3 Å². The fourth-order valence-electron chi connectivity index (χ4n) is 7.62. The van der Waals surface area contributed by atoms with Gasteiger partial charge >= 0.3 is 0 Å². The van der Waals surface area contributed by atoms with Crippen molar-refractivity contribution in [2.24, 2.45) is 22.7 Å². The number of rotatable bonds is 3. The van der Waals surface area contributed by atoms with Crippen LogP contribution in [0.3, 0.4) is 0 Å². The van der Waals surface area contributed by atoms with Gasteiger partial charge in [0.1, 0.15) is 18.0 Å². The predicted octanol–water partition coefficient (Wildman–Crippen LogP) is 4.98. The summed E-state index contributed by atoms with van der Waals surface area (Å²) in [7, 11) is 0. The summed E-state index contributed by atoms with van der Waals surface area (Å²) in [5.41, 5.74) is 1.58. The molecule has 164 valence electrons. The average Bonchev–Trinajstić information content (AvgIpc) is 3.49. The molecule has 1 heterocycles. The van der Waals surface area contributed by atoms with Crippen molar-refractivity contribution in [3.63, 3.8) is 0 Å². The largest absolute Gasteiger partial charge is 0.457 e. The van der Waals surface area contributed by atoms with E-state index < -0.39 is 11.4 Å². The van der Waals surface area contributed by atoms with Crippen LogP contribution in [0.4, 0.5) is 0 Å². The molecule has 0 spiro atoms. The number of para-hydroxylation sites is 1. The van der Waals surface area contributed by atoms with E-state index in [1.54, 1.807) is 0 Å². The molecule has 1 aromatic rings. The SMILES string of the molecule is C[C@]12CCC(=O)C=C1CC[C@@H]1C2=CC[C@@]2(C)[C@H]1CC[C@]2(O)[C@]1(Oc2ccccc2)CO1. The smallest absolute Gasteiger partial charge is 0.264 e. The molecule has 4 heteroatoms. The van der Waals surface area contributed by atoms with Crippen LogP contribution in [0.2, 0.25) is 0 Å². The number of aliphatic hydroxyl groups is 1. The highest BCUT2D eigenvalue weighted by Gasteiger charge is 2.75. The van der Waals surface area contributed by atoms with E-state index in [4.69, 9.17) is 9.47 Å². The van der Waals surface area contributed by atoms with Crippen LogP contribution >= 0.6 is 0 Å². The second-order valence-electron chi connectivity index (χ2n) is 10.9. The first-order valence-corrected chi connectivity index (χ1v) is 11.9. The number of epoxide rings is 1. The molecule has 6 atom stereocenters. The summed E-state index contributed by atoms with van der Waals surface area (Å²) in [5.74, 6) is 0.974. The van der Waals surface area contributed by atoms with Crippen molar-refractivity contribution in [2.75, 3.05) is 6.61 Å². The number of ketones is 1. The van der Waals surface area contributed by atoms with Crippen LogP contribution in [0.1, 0.15) is 58.8 Å². The third-order valence-electron chi connectivity index (χ3n) is 9.55. The van der Waals surface area contributed by atoms with Crippen LogP contribution in [-0.4, -0.2) is 28.9 Å². The third-order valence-corrected chi connectivity index (χ3v) is 9.55. The highest BCUT2D eigenvalue weighted by Crippen LogP contribution is 2.69. The summed E-state index contributed by atoms with van der Waals surface area (Å²) >= 11 is 0. The van der Waals surface area contributed by atoms with Gasteiger partial charge in [-0.05, 0) is 68.6 Å². The molecule has 31 heavy (non-hydrogen) atoms. The summed E-state index contributed by atoms with van der Waals surface area (Å²) in [6.45, 7) is 5.04. The summed E-state index contributed by atoms with van der Waals surface area (Å²) in [4.78, 5) is 12.0. The first-order valence-electron chi connectivity index (χ1n) is 11.9. The maximum atomic E-state index is 12.2. The number of allylic oxidation sites excluding steroid dienone is 4.